The molecular weight excluding hydrogens is 366 g/mol. The van der Waals surface area contributed by atoms with Gasteiger partial charge in [0, 0.05) is 25.1 Å². The third-order valence-corrected chi connectivity index (χ3v) is 4.30. The Hall–Kier alpha value is -2.42. The largest absolute Gasteiger partial charge is 0.481 e. The maximum absolute atomic E-state index is 11.7. The van der Waals surface area contributed by atoms with Crippen LogP contribution in [0.3, 0.4) is 0 Å². The Labute approximate surface area is 166 Å². The third kappa shape index (κ3) is 12.9. The lowest BCUT2D eigenvalue weighted by atomic mass is 10.1. The number of Topliss-reactive ketones (excluding diaryl/α,β-unsaturated/α-hetero) is 1. The summed E-state index contributed by atoms with van der Waals surface area (Å²) in [5.41, 5.74) is 0.683. The Morgan fingerprint density at radius 3 is 2.14 bits per heavy atom. The first-order valence-corrected chi connectivity index (χ1v) is 9.50. The zero-order chi connectivity index (χ0) is 21.5. The van der Waals surface area contributed by atoms with Gasteiger partial charge >= 0.3 is 11.9 Å². The van der Waals surface area contributed by atoms with Crippen molar-refractivity contribution in [1.29, 1.82) is 0 Å². The standard InChI is InChI=1S/C19H33N3O6/c1-13(21-12-5-4-7-15(20-3)14(2)23)10-11-16(19(27)28)22-17(24)8-6-9-18(25)26/h15-16,20-21H,1,4-12H2,2-3H3,(H,22,24)(H,25,26)(H,27,28). The summed E-state index contributed by atoms with van der Waals surface area (Å²) in [6.07, 6.45) is 3.07. The molecule has 0 spiro atoms. The molecule has 0 saturated heterocycles. The lowest BCUT2D eigenvalue weighted by molar-refractivity contribution is -0.142. The van der Waals surface area contributed by atoms with Crippen LogP contribution in [0.1, 0.15) is 58.3 Å². The van der Waals surface area contributed by atoms with Crippen molar-refractivity contribution in [3.05, 3.63) is 12.3 Å². The van der Waals surface area contributed by atoms with Crippen LogP contribution < -0.4 is 16.0 Å². The van der Waals surface area contributed by atoms with E-state index in [9.17, 15) is 24.3 Å². The molecule has 2 atom stereocenters. The molecule has 0 saturated carbocycles. The van der Waals surface area contributed by atoms with Crippen LogP contribution >= 0.6 is 0 Å². The van der Waals surface area contributed by atoms with E-state index in [0.29, 0.717) is 18.7 Å². The van der Waals surface area contributed by atoms with Gasteiger partial charge in [-0.3, -0.25) is 14.4 Å². The second-order valence-electron chi connectivity index (χ2n) is 6.72. The van der Waals surface area contributed by atoms with Gasteiger partial charge < -0.3 is 26.2 Å². The van der Waals surface area contributed by atoms with E-state index in [1.165, 1.54) is 0 Å². The van der Waals surface area contributed by atoms with Gasteiger partial charge in [-0.1, -0.05) is 6.58 Å². The van der Waals surface area contributed by atoms with E-state index in [2.05, 4.69) is 22.5 Å². The zero-order valence-corrected chi connectivity index (χ0v) is 16.8. The fraction of sp³-hybridized carbons (Fsp3) is 0.684. The van der Waals surface area contributed by atoms with Gasteiger partial charge in [0.05, 0.1) is 6.04 Å². The number of hydrogen-bond donors (Lipinski definition) is 5. The lowest BCUT2D eigenvalue weighted by Gasteiger charge is -2.16. The number of hydrogen-bond acceptors (Lipinski definition) is 6. The SMILES string of the molecule is C=C(CCC(NC(=O)CCCC(=O)O)C(=O)O)NCCCCC(NC)C(C)=O. The number of allylic oxidation sites excluding steroid dienone is 1. The minimum Gasteiger partial charge on any atom is -0.481 e. The van der Waals surface area contributed by atoms with E-state index in [4.69, 9.17) is 5.11 Å². The average molecular weight is 399 g/mol. The molecule has 0 fully saturated rings. The summed E-state index contributed by atoms with van der Waals surface area (Å²) in [7, 11) is 1.76. The summed E-state index contributed by atoms with van der Waals surface area (Å²) in [4.78, 5) is 44.8. The molecule has 5 N–H and O–H groups in total. The van der Waals surface area contributed by atoms with Gasteiger partial charge in [0.2, 0.25) is 5.91 Å². The number of carbonyl (C=O) groups excluding carboxylic acids is 2. The van der Waals surface area contributed by atoms with Crippen LogP contribution in [0.2, 0.25) is 0 Å². The third-order valence-electron chi connectivity index (χ3n) is 4.30. The van der Waals surface area contributed by atoms with Gasteiger partial charge in [-0.25, -0.2) is 4.79 Å². The van der Waals surface area contributed by atoms with Crippen LogP contribution in [0.15, 0.2) is 12.3 Å². The molecule has 0 aliphatic heterocycles. The van der Waals surface area contributed by atoms with Crippen molar-refractivity contribution >= 4 is 23.6 Å². The second kappa shape index (κ2) is 14.6. The molecule has 0 bridgehead atoms. The van der Waals surface area contributed by atoms with E-state index >= 15 is 0 Å². The Balaban J connectivity index is 4.06. The molecule has 0 radical (unpaired) electrons. The van der Waals surface area contributed by atoms with Gasteiger partial charge in [0.25, 0.3) is 0 Å². The van der Waals surface area contributed by atoms with E-state index in [0.717, 1.165) is 19.3 Å². The number of ketones is 1. The number of carbonyl (C=O) groups is 4. The molecule has 0 rings (SSSR count). The molecule has 28 heavy (non-hydrogen) atoms. The molecule has 9 heteroatoms. The quantitative estimate of drug-likeness (QED) is 0.228. The predicted molar refractivity (Wildman–Crippen MR) is 105 cm³/mol. The van der Waals surface area contributed by atoms with E-state index in [-0.39, 0.29) is 37.5 Å². The molecule has 0 aromatic carbocycles. The van der Waals surface area contributed by atoms with Crippen molar-refractivity contribution in [2.45, 2.75) is 70.4 Å². The minimum atomic E-state index is -1.14. The molecular formula is C19H33N3O6. The first kappa shape index (κ1) is 25.6. The average Bonchev–Trinajstić information content (AvgIpc) is 2.60. The number of rotatable bonds is 17. The monoisotopic (exact) mass is 399 g/mol. The van der Waals surface area contributed by atoms with E-state index < -0.39 is 23.9 Å². The summed E-state index contributed by atoms with van der Waals surface area (Å²) in [5, 5.41) is 26.3. The van der Waals surface area contributed by atoms with Crippen LogP contribution in [0.4, 0.5) is 0 Å². The zero-order valence-electron chi connectivity index (χ0n) is 16.8. The van der Waals surface area contributed by atoms with Crippen molar-refractivity contribution < 1.29 is 29.4 Å². The fourth-order valence-corrected chi connectivity index (χ4v) is 2.62. The van der Waals surface area contributed by atoms with Crippen LogP contribution in [0.5, 0.6) is 0 Å². The lowest BCUT2D eigenvalue weighted by Crippen LogP contribution is -2.41. The number of nitrogens with one attached hydrogen (secondary N) is 3. The van der Waals surface area contributed by atoms with Crippen molar-refractivity contribution in [2.24, 2.45) is 0 Å². The van der Waals surface area contributed by atoms with Gasteiger partial charge in [0.15, 0.2) is 0 Å². The number of amides is 1. The molecule has 0 aromatic heterocycles. The van der Waals surface area contributed by atoms with Crippen molar-refractivity contribution in [1.82, 2.24) is 16.0 Å². The fourth-order valence-electron chi connectivity index (χ4n) is 2.62. The first-order valence-electron chi connectivity index (χ1n) is 9.50. The predicted octanol–water partition coefficient (Wildman–Crippen LogP) is 1.04. The normalized spacial score (nSPS) is 12.6. The Morgan fingerprint density at radius 2 is 1.61 bits per heavy atom. The number of likely N-dealkylation sites (N-methyl/N-ethyl adjacent to an activating group) is 1. The summed E-state index contributed by atoms with van der Waals surface area (Å²) in [5.74, 6) is -2.49. The maximum Gasteiger partial charge on any atom is 0.326 e. The van der Waals surface area contributed by atoms with Gasteiger partial charge in [-0.15, -0.1) is 0 Å². The second-order valence-corrected chi connectivity index (χ2v) is 6.72. The van der Waals surface area contributed by atoms with Crippen LogP contribution in [0, 0.1) is 0 Å². The van der Waals surface area contributed by atoms with Crippen molar-refractivity contribution in [3.63, 3.8) is 0 Å². The van der Waals surface area contributed by atoms with Gasteiger partial charge in [-0.05, 0) is 52.5 Å². The molecule has 0 heterocycles. The Bertz CT molecular complexity index is 550. The molecule has 9 nitrogen and oxygen atoms in total. The maximum atomic E-state index is 11.7. The Kier molecular flexibility index (Phi) is 13.4. The van der Waals surface area contributed by atoms with Crippen molar-refractivity contribution in [3.8, 4) is 0 Å². The molecule has 2 unspecified atom stereocenters. The van der Waals surface area contributed by atoms with E-state index in [1.807, 2.05) is 0 Å². The van der Waals surface area contributed by atoms with Crippen molar-refractivity contribution in [2.75, 3.05) is 13.6 Å². The number of aliphatic carboxylic acids is 2. The highest BCUT2D eigenvalue weighted by atomic mass is 16.4. The van der Waals surface area contributed by atoms with Crippen LogP contribution in [-0.4, -0.2) is 59.5 Å². The topological polar surface area (TPSA) is 145 Å². The van der Waals surface area contributed by atoms with E-state index in [1.54, 1.807) is 14.0 Å². The Morgan fingerprint density at radius 1 is 0.929 bits per heavy atom. The summed E-state index contributed by atoms with van der Waals surface area (Å²) < 4.78 is 0. The highest BCUT2D eigenvalue weighted by molar-refractivity contribution is 5.83. The first-order chi connectivity index (χ1) is 13.2. The number of carboxylic acids is 2. The van der Waals surface area contributed by atoms with Crippen LogP contribution in [0.25, 0.3) is 0 Å². The molecule has 1 amide bonds. The summed E-state index contributed by atoms with van der Waals surface area (Å²) >= 11 is 0. The molecule has 0 aliphatic rings. The summed E-state index contributed by atoms with van der Waals surface area (Å²) in [6, 6.07) is -1.17. The number of unbranched alkanes of at least 4 members (excludes halogenated alkanes) is 1. The van der Waals surface area contributed by atoms with Gasteiger partial charge in [-0.2, -0.15) is 0 Å². The number of carboxylic acid groups (broad SMARTS) is 2. The minimum absolute atomic E-state index is 0.0247. The smallest absolute Gasteiger partial charge is 0.326 e. The molecule has 0 aromatic rings. The molecule has 0 aliphatic carbocycles. The summed E-state index contributed by atoms with van der Waals surface area (Å²) in [6.45, 7) is 6.10. The molecule has 160 valence electrons. The van der Waals surface area contributed by atoms with Gasteiger partial charge in [0.1, 0.15) is 11.8 Å². The highest BCUT2D eigenvalue weighted by Gasteiger charge is 2.20. The van der Waals surface area contributed by atoms with Crippen LogP contribution in [-0.2, 0) is 19.2 Å². The highest BCUT2D eigenvalue weighted by Crippen LogP contribution is 2.07.